The van der Waals surface area contributed by atoms with Gasteiger partial charge in [0, 0.05) is 6.42 Å². The maximum absolute atomic E-state index is 12.2. The third kappa shape index (κ3) is 4.94. The Morgan fingerprint density at radius 1 is 1.13 bits per heavy atom. The van der Waals surface area contributed by atoms with E-state index in [4.69, 9.17) is 4.74 Å². The largest absolute Gasteiger partial charge is 0.465 e. The van der Waals surface area contributed by atoms with Gasteiger partial charge in [0.25, 0.3) is 0 Å². The summed E-state index contributed by atoms with van der Waals surface area (Å²) in [6.45, 7) is 7.93. The van der Waals surface area contributed by atoms with Gasteiger partial charge < -0.3 is 15.2 Å². The number of carbonyl (C=O) groups excluding carboxylic acids is 2. The lowest BCUT2D eigenvalue weighted by atomic mass is 9.70. The number of ether oxygens (including phenoxy) is 1. The van der Waals surface area contributed by atoms with Gasteiger partial charge in [-0.1, -0.05) is 57.9 Å². The highest BCUT2D eigenvalue weighted by atomic mass is 16.6. The molecule has 3 rings (SSSR count). The molecule has 0 radical (unpaired) electrons. The molecule has 1 saturated heterocycles. The number of cyclic esters (lactones) is 1. The molecule has 0 aromatic heterocycles. The third-order valence-electron chi connectivity index (χ3n) is 7.48. The van der Waals surface area contributed by atoms with Crippen molar-refractivity contribution in [2.75, 3.05) is 0 Å². The molecular weight excluding hydrogens is 394 g/mol. The summed E-state index contributed by atoms with van der Waals surface area (Å²) in [7, 11) is 0. The predicted octanol–water partition coefficient (Wildman–Crippen LogP) is 4.98. The lowest BCUT2D eigenvalue weighted by molar-refractivity contribution is -0.178. The molecule has 1 aliphatic carbocycles. The summed E-state index contributed by atoms with van der Waals surface area (Å²) in [5, 5.41) is 12.0. The molecule has 2 N–H and O–H groups in total. The van der Waals surface area contributed by atoms with Crippen molar-refractivity contribution in [3.63, 3.8) is 0 Å². The van der Waals surface area contributed by atoms with Crippen LogP contribution >= 0.6 is 0 Å². The van der Waals surface area contributed by atoms with Crippen molar-refractivity contribution in [3.8, 4) is 0 Å². The zero-order valence-corrected chi connectivity index (χ0v) is 19.1. The van der Waals surface area contributed by atoms with E-state index < -0.39 is 17.2 Å². The molecule has 1 saturated carbocycles. The van der Waals surface area contributed by atoms with E-state index in [2.05, 4.69) is 5.32 Å². The molecule has 6 nitrogen and oxygen atoms in total. The van der Waals surface area contributed by atoms with E-state index in [1.54, 1.807) is 0 Å². The van der Waals surface area contributed by atoms with E-state index in [9.17, 15) is 19.5 Å². The quantitative estimate of drug-likeness (QED) is 0.491. The van der Waals surface area contributed by atoms with Gasteiger partial charge in [0.15, 0.2) is 0 Å². The van der Waals surface area contributed by atoms with Gasteiger partial charge in [-0.3, -0.25) is 9.59 Å². The van der Waals surface area contributed by atoms with Gasteiger partial charge in [-0.2, -0.15) is 0 Å². The van der Waals surface area contributed by atoms with Crippen LogP contribution in [0, 0.1) is 11.3 Å². The van der Waals surface area contributed by atoms with E-state index in [0.717, 1.165) is 36.8 Å². The smallest absolute Gasteiger partial charge is 0.405 e. The molecule has 1 aromatic carbocycles. The van der Waals surface area contributed by atoms with Crippen molar-refractivity contribution in [1.29, 1.82) is 0 Å². The van der Waals surface area contributed by atoms with Gasteiger partial charge in [-0.05, 0) is 55.1 Å². The summed E-state index contributed by atoms with van der Waals surface area (Å²) in [6, 6.07) is 7.96. The number of carbonyl (C=O) groups is 3. The fourth-order valence-electron chi connectivity index (χ4n) is 5.15. The number of nitrogens with one attached hydrogen (secondary N) is 1. The van der Waals surface area contributed by atoms with Crippen molar-refractivity contribution in [2.45, 2.75) is 90.2 Å². The molecule has 6 heteroatoms. The molecule has 170 valence electrons. The van der Waals surface area contributed by atoms with Crippen LogP contribution < -0.4 is 5.32 Å². The average molecular weight is 430 g/mol. The Bertz CT molecular complexity index is 816. The van der Waals surface area contributed by atoms with Crippen LogP contribution in [0.1, 0.15) is 83.8 Å². The second-order valence-corrected chi connectivity index (χ2v) is 10.4. The van der Waals surface area contributed by atoms with E-state index in [-0.39, 0.29) is 29.5 Å². The maximum atomic E-state index is 12.2. The van der Waals surface area contributed by atoms with Crippen LogP contribution in [0.4, 0.5) is 4.79 Å². The molecule has 0 bridgehead atoms. The Hall–Kier alpha value is -2.37. The van der Waals surface area contributed by atoms with Crippen molar-refractivity contribution in [1.82, 2.24) is 5.32 Å². The Balaban J connectivity index is 1.78. The van der Waals surface area contributed by atoms with E-state index >= 15 is 0 Å². The van der Waals surface area contributed by atoms with E-state index in [1.165, 1.54) is 0 Å². The molecule has 2 atom stereocenters. The van der Waals surface area contributed by atoms with Gasteiger partial charge in [-0.15, -0.1) is 0 Å². The number of hydrogen-bond acceptors (Lipinski definition) is 4. The Morgan fingerprint density at radius 2 is 1.74 bits per heavy atom. The van der Waals surface area contributed by atoms with Crippen molar-refractivity contribution < 1.29 is 24.2 Å². The first-order chi connectivity index (χ1) is 14.4. The fourth-order valence-corrected chi connectivity index (χ4v) is 5.15. The highest BCUT2D eigenvalue weighted by Crippen LogP contribution is 2.44. The average Bonchev–Trinajstić information content (AvgIpc) is 3.20. The summed E-state index contributed by atoms with van der Waals surface area (Å²) < 4.78 is 5.88. The molecule has 2 aliphatic rings. The highest BCUT2D eigenvalue weighted by Gasteiger charge is 2.47. The standard InChI is InChI=1S/C25H35NO5/c1-23(2,3)24(4,26-22(29)30)18-11-9-17(10-12-18)13-14-25(19-7-5-6-8-19)16-20(27)15-21(28)31-25/h9-12,19,26H,5-8,13-16H2,1-4H3,(H,29,30). The van der Waals surface area contributed by atoms with Crippen molar-refractivity contribution in [3.05, 3.63) is 35.4 Å². The predicted molar refractivity (Wildman–Crippen MR) is 118 cm³/mol. The molecular formula is C25H35NO5. The van der Waals surface area contributed by atoms with Gasteiger partial charge in [-0.25, -0.2) is 4.79 Å². The Kier molecular flexibility index (Phi) is 6.49. The van der Waals surface area contributed by atoms with Gasteiger partial charge in [0.2, 0.25) is 0 Å². The fraction of sp³-hybridized carbons (Fsp3) is 0.640. The van der Waals surface area contributed by atoms with Crippen LogP contribution in [0.5, 0.6) is 0 Å². The number of rotatable bonds is 6. The first-order valence-corrected chi connectivity index (χ1v) is 11.3. The number of amides is 1. The molecule has 1 heterocycles. The number of benzene rings is 1. The zero-order chi connectivity index (χ0) is 22.9. The first-order valence-electron chi connectivity index (χ1n) is 11.3. The van der Waals surface area contributed by atoms with E-state index in [0.29, 0.717) is 19.3 Å². The van der Waals surface area contributed by atoms with Crippen LogP contribution in [-0.4, -0.2) is 28.6 Å². The summed E-state index contributed by atoms with van der Waals surface area (Å²) >= 11 is 0. The minimum Gasteiger partial charge on any atom is -0.465 e. The summed E-state index contributed by atoms with van der Waals surface area (Å²) in [5.41, 5.74) is 0.244. The molecule has 2 unspecified atom stereocenters. The number of ketones is 1. The number of hydrogen-bond donors (Lipinski definition) is 2. The van der Waals surface area contributed by atoms with Crippen molar-refractivity contribution >= 4 is 17.8 Å². The molecule has 31 heavy (non-hydrogen) atoms. The minimum absolute atomic E-state index is 0.0146. The van der Waals surface area contributed by atoms with Crippen LogP contribution in [0.3, 0.4) is 0 Å². The van der Waals surface area contributed by atoms with Crippen molar-refractivity contribution in [2.24, 2.45) is 11.3 Å². The van der Waals surface area contributed by atoms with Crippen LogP contribution in [-0.2, 0) is 26.3 Å². The second-order valence-electron chi connectivity index (χ2n) is 10.4. The first kappa shape index (κ1) is 23.3. The maximum Gasteiger partial charge on any atom is 0.405 e. The summed E-state index contributed by atoms with van der Waals surface area (Å²) in [4.78, 5) is 35.7. The third-order valence-corrected chi connectivity index (χ3v) is 7.48. The molecule has 2 fully saturated rings. The van der Waals surface area contributed by atoms with Crippen LogP contribution in [0.15, 0.2) is 24.3 Å². The normalized spacial score (nSPS) is 24.5. The second kappa shape index (κ2) is 8.64. The SMILES string of the molecule is CC(C)(C)C(C)(NC(=O)O)c1ccc(CCC2(C3CCCC3)CC(=O)CC(=O)O2)cc1. The summed E-state index contributed by atoms with van der Waals surface area (Å²) in [6.07, 6.45) is 4.76. The topological polar surface area (TPSA) is 92.7 Å². The monoisotopic (exact) mass is 429 g/mol. The van der Waals surface area contributed by atoms with Crippen LogP contribution in [0.2, 0.25) is 0 Å². The van der Waals surface area contributed by atoms with Crippen LogP contribution in [0.25, 0.3) is 0 Å². The molecule has 1 aliphatic heterocycles. The van der Waals surface area contributed by atoms with Gasteiger partial charge >= 0.3 is 12.1 Å². The number of Topliss-reactive ketones (excluding diaryl/α,β-unsaturated/α-hetero) is 1. The summed E-state index contributed by atoms with van der Waals surface area (Å²) in [5.74, 6) is -0.151. The zero-order valence-electron chi connectivity index (χ0n) is 19.1. The molecule has 1 aromatic rings. The minimum atomic E-state index is -1.05. The Labute approximate surface area is 184 Å². The van der Waals surface area contributed by atoms with Gasteiger partial charge in [0.05, 0.1) is 5.54 Å². The van der Waals surface area contributed by atoms with Gasteiger partial charge in [0.1, 0.15) is 17.8 Å². The Morgan fingerprint density at radius 3 is 2.26 bits per heavy atom. The molecule has 0 spiro atoms. The molecule has 1 amide bonds. The lowest BCUT2D eigenvalue weighted by Gasteiger charge is -2.42. The lowest BCUT2D eigenvalue weighted by Crippen LogP contribution is -2.51. The number of esters is 1. The van der Waals surface area contributed by atoms with E-state index in [1.807, 2.05) is 52.0 Å². The highest BCUT2D eigenvalue weighted by molar-refractivity contribution is 5.98. The number of aryl methyl sites for hydroxylation is 1. The number of carboxylic acid groups (broad SMARTS) is 1.